The van der Waals surface area contributed by atoms with Crippen LogP contribution in [0.5, 0.6) is 0 Å². The lowest BCUT2D eigenvalue weighted by atomic mass is 10.0. The summed E-state index contributed by atoms with van der Waals surface area (Å²) in [6, 6.07) is 5.88. The standard InChI is InChI=1S/C15H23N3/c1-12-2-3-14(16-10-12)11-17-13-6-8-18(9-7-13)15-4-5-15/h2-3,10,13,15,17H,4-9,11H2,1H3. The number of hydrogen-bond acceptors (Lipinski definition) is 3. The van der Waals surface area contributed by atoms with Gasteiger partial charge in [0.1, 0.15) is 0 Å². The van der Waals surface area contributed by atoms with E-state index >= 15 is 0 Å². The highest BCUT2D eigenvalue weighted by Gasteiger charge is 2.31. The highest BCUT2D eigenvalue weighted by molar-refractivity contribution is 5.12. The van der Waals surface area contributed by atoms with Gasteiger partial charge >= 0.3 is 0 Å². The van der Waals surface area contributed by atoms with Crippen LogP contribution in [-0.2, 0) is 6.54 Å². The normalized spacial score (nSPS) is 22.3. The van der Waals surface area contributed by atoms with Crippen LogP contribution >= 0.6 is 0 Å². The van der Waals surface area contributed by atoms with E-state index in [0.29, 0.717) is 6.04 Å². The number of hydrogen-bond donors (Lipinski definition) is 1. The summed E-state index contributed by atoms with van der Waals surface area (Å²) in [5, 5.41) is 3.65. The maximum absolute atomic E-state index is 4.44. The van der Waals surface area contributed by atoms with Gasteiger partial charge in [0.25, 0.3) is 0 Å². The predicted octanol–water partition coefficient (Wildman–Crippen LogP) is 2.11. The summed E-state index contributed by atoms with van der Waals surface area (Å²) >= 11 is 0. The first-order valence-corrected chi connectivity index (χ1v) is 7.20. The second-order valence-electron chi connectivity index (χ2n) is 5.75. The maximum Gasteiger partial charge on any atom is 0.0541 e. The topological polar surface area (TPSA) is 28.2 Å². The Balaban J connectivity index is 1.42. The first-order valence-electron chi connectivity index (χ1n) is 7.20. The van der Waals surface area contributed by atoms with E-state index in [1.807, 2.05) is 6.20 Å². The molecule has 1 aromatic heterocycles. The lowest BCUT2D eigenvalue weighted by Crippen LogP contribution is -2.43. The lowest BCUT2D eigenvalue weighted by molar-refractivity contribution is 0.189. The highest BCUT2D eigenvalue weighted by Crippen LogP contribution is 2.29. The first-order chi connectivity index (χ1) is 8.81. The number of aromatic nitrogens is 1. The van der Waals surface area contributed by atoms with Gasteiger partial charge in [-0.25, -0.2) is 0 Å². The van der Waals surface area contributed by atoms with Gasteiger partial charge in [0.2, 0.25) is 0 Å². The van der Waals surface area contributed by atoms with Gasteiger partial charge in [0.05, 0.1) is 5.69 Å². The predicted molar refractivity (Wildman–Crippen MR) is 73.4 cm³/mol. The van der Waals surface area contributed by atoms with E-state index in [1.54, 1.807) is 0 Å². The van der Waals surface area contributed by atoms with Crippen molar-refractivity contribution >= 4 is 0 Å². The number of likely N-dealkylation sites (tertiary alicyclic amines) is 1. The van der Waals surface area contributed by atoms with Crippen LogP contribution in [0.15, 0.2) is 18.3 Å². The van der Waals surface area contributed by atoms with E-state index in [1.165, 1.54) is 44.3 Å². The molecule has 1 N–H and O–H groups in total. The van der Waals surface area contributed by atoms with E-state index < -0.39 is 0 Å². The molecule has 0 unspecified atom stereocenters. The van der Waals surface area contributed by atoms with Gasteiger partial charge < -0.3 is 10.2 Å². The number of nitrogens with one attached hydrogen (secondary N) is 1. The minimum absolute atomic E-state index is 0.683. The zero-order valence-corrected chi connectivity index (χ0v) is 11.2. The van der Waals surface area contributed by atoms with Crippen LogP contribution < -0.4 is 5.32 Å². The second-order valence-corrected chi connectivity index (χ2v) is 5.75. The second kappa shape index (κ2) is 5.37. The van der Waals surface area contributed by atoms with E-state index in [0.717, 1.165) is 18.3 Å². The van der Waals surface area contributed by atoms with Crippen molar-refractivity contribution in [3.05, 3.63) is 29.6 Å². The Morgan fingerprint density at radius 1 is 1.22 bits per heavy atom. The summed E-state index contributed by atoms with van der Waals surface area (Å²) < 4.78 is 0. The SMILES string of the molecule is Cc1ccc(CNC2CCN(C3CC3)CC2)nc1. The van der Waals surface area contributed by atoms with E-state index in [-0.39, 0.29) is 0 Å². The Labute approximate surface area is 110 Å². The van der Waals surface area contributed by atoms with Gasteiger partial charge in [-0.2, -0.15) is 0 Å². The molecule has 0 bridgehead atoms. The van der Waals surface area contributed by atoms with Gasteiger partial charge in [-0.1, -0.05) is 6.07 Å². The summed E-state index contributed by atoms with van der Waals surface area (Å²) in [6.45, 7) is 5.56. The van der Waals surface area contributed by atoms with Gasteiger partial charge in [-0.3, -0.25) is 4.98 Å². The number of rotatable bonds is 4. The van der Waals surface area contributed by atoms with Crippen LogP contribution in [0.1, 0.15) is 36.9 Å². The van der Waals surface area contributed by atoms with Crippen LogP contribution in [0.2, 0.25) is 0 Å². The fourth-order valence-corrected chi connectivity index (χ4v) is 2.76. The molecule has 1 aliphatic heterocycles. The molecule has 18 heavy (non-hydrogen) atoms. The van der Waals surface area contributed by atoms with Crippen molar-refractivity contribution in [2.24, 2.45) is 0 Å². The monoisotopic (exact) mass is 245 g/mol. The van der Waals surface area contributed by atoms with Gasteiger partial charge in [0, 0.05) is 24.8 Å². The summed E-state index contributed by atoms with van der Waals surface area (Å²) in [5.41, 5.74) is 2.39. The number of piperidine rings is 1. The largest absolute Gasteiger partial charge is 0.308 e. The third-order valence-electron chi connectivity index (χ3n) is 4.14. The molecule has 98 valence electrons. The maximum atomic E-state index is 4.44. The Hall–Kier alpha value is -0.930. The van der Waals surface area contributed by atoms with Gasteiger partial charge in [-0.05, 0) is 57.3 Å². The zero-order chi connectivity index (χ0) is 12.4. The van der Waals surface area contributed by atoms with Gasteiger partial charge in [0.15, 0.2) is 0 Å². The molecule has 0 spiro atoms. The summed E-state index contributed by atoms with van der Waals surface area (Å²) in [7, 11) is 0. The van der Waals surface area contributed by atoms with E-state index in [4.69, 9.17) is 0 Å². The third kappa shape index (κ3) is 3.09. The van der Waals surface area contributed by atoms with Crippen LogP contribution in [0, 0.1) is 6.92 Å². The molecular formula is C15H23N3. The van der Waals surface area contributed by atoms with Crippen LogP contribution in [0.4, 0.5) is 0 Å². The molecule has 1 aromatic rings. The van der Waals surface area contributed by atoms with E-state index in [2.05, 4.69) is 34.3 Å². The first kappa shape index (κ1) is 12.1. The fourth-order valence-electron chi connectivity index (χ4n) is 2.76. The molecule has 0 radical (unpaired) electrons. The quantitative estimate of drug-likeness (QED) is 0.880. The Bertz CT molecular complexity index is 375. The minimum atomic E-state index is 0.683. The van der Waals surface area contributed by atoms with Crippen molar-refractivity contribution in [1.29, 1.82) is 0 Å². The number of pyridine rings is 1. The Morgan fingerprint density at radius 3 is 2.61 bits per heavy atom. The molecule has 3 heteroatoms. The fraction of sp³-hybridized carbons (Fsp3) is 0.667. The molecule has 2 fully saturated rings. The molecule has 2 aliphatic rings. The molecule has 1 saturated heterocycles. The Kier molecular flexibility index (Phi) is 3.62. The van der Waals surface area contributed by atoms with Crippen molar-refractivity contribution in [3.8, 4) is 0 Å². The van der Waals surface area contributed by atoms with Crippen molar-refractivity contribution in [2.45, 2.75) is 51.2 Å². The molecule has 0 atom stereocenters. The molecule has 1 saturated carbocycles. The van der Waals surface area contributed by atoms with Crippen molar-refractivity contribution in [2.75, 3.05) is 13.1 Å². The minimum Gasteiger partial charge on any atom is -0.308 e. The van der Waals surface area contributed by atoms with Crippen LogP contribution in [-0.4, -0.2) is 35.1 Å². The molecule has 2 heterocycles. The average molecular weight is 245 g/mol. The van der Waals surface area contributed by atoms with Crippen LogP contribution in [0.3, 0.4) is 0 Å². The van der Waals surface area contributed by atoms with Crippen molar-refractivity contribution in [1.82, 2.24) is 15.2 Å². The summed E-state index contributed by atoms with van der Waals surface area (Å²) in [5.74, 6) is 0. The van der Waals surface area contributed by atoms with Crippen molar-refractivity contribution in [3.63, 3.8) is 0 Å². The molecule has 1 aliphatic carbocycles. The Morgan fingerprint density at radius 2 is 2.00 bits per heavy atom. The number of aryl methyl sites for hydroxylation is 1. The highest BCUT2D eigenvalue weighted by atomic mass is 15.2. The number of nitrogens with zero attached hydrogens (tertiary/aromatic N) is 2. The van der Waals surface area contributed by atoms with Crippen molar-refractivity contribution < 1.29 is 0 Å². The lowest BCUT2D eigenvalue weighted by Gasteiger charge is -2.32. The summed E-state index contributed by atoms with van der Waals surface area (Å²) in [6.07, 6.45) is 7.41. The molecule has 0 amide bonds. The molecule has 3 nitrogen and oxygen atoms in total. The van der Waals surface area contributed by atoms with Crippen LogP contribution in [0.25, 0.3) is 0 Å². The third-order valence-corrected chi connectivity index (χ3v) is 4.14. The summed E-state index contributed by atoms with van der Waals surface area (Å²) in [4.78, 5) is 7.11. The zero-order valence-electron chi connectivity index (χ0n) is 11.2. The average Bonchev–Trinajstić information content (AvgIpc) is 3.23. The van der Waals surface area contributed by atoms with E-state index in [9.17, 15) is 0 Å². The smallest absolute Gasteiger partial charge is 0.0541 e. The molecule has 0 aromatic carbocycles. The molecular weight excluding hydrogens is 222 g/mol. The van der Waals surface area contributed by atoms with Gasteiger partial charge in [-0.15, -0.1) is 0 Å². The molecule has 3 rings (SSSR count).